The number of halogens is 1. The van der Waals surface area contributed by atoms with Gasteiger partial charge >= 0.3 is 0 Å². The second-order valence-corrected chi connectivity index (χ2v) is 5.50. The van der Waals surface area contributed by atoms with Crippen LogP contribution in [0.15, 0.2) is 24.3 Å². The Labute approximate surface area is 117 Å². The Bertz CT molecular complexity index is 307. The maximum absolute atomic E-state index is 6.16. The van der Waals surface area contributed by atoms with Crippen LogP contribution in [0.25, 0.3) is 0 Å². The summed E-state index contributed by atoms with van der Waals surface area (Å²) in [6.45, 7) is 2.26. The first-order valence-corrected chi connectivity index (χ1v) is 7.63. The highest BCUT2D eigenvalue weighted by Crippen LogP contribution is 2.20. The second kappa shape index (κ2) is 9.41. The minimum Gasteiger partial charge on any atom is -0.324 e. The van der Waals surface area contributed by atoms with Crippen molar-refractivity contribution in [2.24, 2.45) is 5.73 Å². The Morgan fingerprint density at radius 2 is 1.50 bits per heavy atom. The van der Waals surface area contributed by atoms with E-state index in [-0.39, 0.29) is 6.04 Å². The van der Waals surface area contributed by atoms with Crippen molar-refractivity contribution in [3.63, 3.8) is 0 Å². The summed E-state index contributed by atoms with van der Waals surface area (Å²) in [5, 5.41) is 0.780. The Balaban J connectivity index is 2.10. The van der Waals surface area contributed by atoms with Gasteiger partial charge in [-0.25, -0.2) is 0 Å². The topological polar surface area (TPSA) is 26.0 Å². The van der Waals surface area contributed by atoms with E-state index in [1.807, 2.05) is 24.3 Å². The van der Waals surface area contributed by atoms with Gasteiger partial charge in [0.2, 0.25) is 0 Å². The van der Waals surface area contributed by atoms with Gasteiger partial charge in [0.25, 0.3) is 0 Å². The molecule has 0 saturated heterocycles. The SMILES string of the molecule is CCCCCCCCCC(N)c1ccc(Cl)cc1. The van der Waals surface area contributed by atoms with Crippen LogP contribution in [0, 0.1) is 0 Å². The molecule has 0 saturated carbocycles. The molecule has 0 aliphatic carbocycles. The second-order valence-electron chi connectivity index (χ2n) is 5.07. The fourth-order valence-corrected chi connectivity index (χ4v) is 2.32. The molecule has 1 unspecified atom stereocenters. The van der Waals surface area contributed by atoms with Gasteiger partial charge in [-0.3, -0.25) is 0 Å². The van der Waals surface area contributed by atoms with Gasteiger partial charge in [-0.2, -0.15) is 0 Å². The smallest absolute Gasteiger partial charge is 0.0406 e. The van der Waals surface area contributed by atoms with Crippen LogP contribution in [0.5, 0.6) is 0 Å². The summed E-state index contributed by atoms with van der Waals surface area (Å²) in [5.41, 5.74) is 7.36. The molecule has 1 aromatic carbocycles. The molecule has 1 nitrogen and oxygen atoms in total. The highest BCUT2D eigenvalue weighted by Gasteiger charge is 2.05. The lowest BCUT2D eigenvalue weighted by Gasteiger charge is -2.11. The van der Waals surface area contributed by atoms with E-state index in [0.717, 1.165) is 11.4 Å². The zero-order valence-corrected chi connectivity index (χ0v) is 12.3. The number of unbranched alkanes of at least 4 members (excludes halogenated alkanes) is 6. The van der Waals surface area contributed by atoms with E-state index >= 15 is 0 Å². The van der Waals surface area contributed by atoms with E-state index in [1.165, 1.54) is 50.5 Å². The third kappa shape index (κ3) is 6.42. The van der Waals surface area contributed by atoms with Crippen LogP contribution in [0.1, 0.15) is 69.9 Å². The Morgan fingerprint density at radius 1 is 0.944 bits per heavy atom. The molecule has 0 amide bonds. The standard InChI is InChI=1S/C16H26ClN/c1-2-3-4-5-6-7-8-9-16(18)14-10-12-15(17)13-11-14/h10-13,16H,2-9,18H2,1H3. The molecule has 0 spiro atoms. The van der Waals surface area contributed by atoms with E-state index in [0.29, 0.717) is 0 Å². The number of nitrogens with two attached hydrogens (primary N) is 1. The van der Waals surface area contributed by atoms with E-state index in [4.69, 9.17) is 17.3 Å². The van der Waals surface area contributed by atoms with Crippen molar-refractivity contribution in [1.82, 2.24) is 0 Å². The lowest BCUT2D eigenvalue weighted by atomic mass is 10.0. The van der Waals surface area contributed by atoms with Gasteiger partial charge in [0.15, 0.2) is 0 Å². The summed E-state index contributed by atoms with van der Waals surface area (Å²) in [5.74, 6) is 0. The number of rotatable bonds is 9. The zero-order chi connectivity index (χ0) is 13.2. The molecule has 0 bridgehead atoms. The van der Waals surface area contributed by atoms with Crippen molar-refractivity contribution in [3.05, 3.63) is 34.9 Å². The van der Waals surface area contributed by atoms with Crippen LogP contribution in [0.3, 0.4) is 0 Å². The van der Waals surface area contributed by atoms with E-state index in [9.17, 15) is 0 Å². The summed E-state index contributed by atoms with van der Waals surface area (Å²) < 4.78 is 0. The highest BCUT2D eigenvalue weighted by molar-refractivity contribution is 6.30. The predicted octanol–water partition coefficient (Wildman–Crippen LogP) is 5.48. The van der Waals surface area contributed by atoms with Crippen LogP contribution in [-0.4, -0.2) is 0 Å². The molecular weight excluding hydrogens is 242 g/mol. The van der Waals surface area contributed by atoms with Crippen LogP contribution in [0.2, 0.25) is 5.02 Å². The molecule has 0 fully saturated rings. The minimum absolute atomic E-state index is 0.165. The molecular formula is C16H26ClN. The highest BCUT2D eigenvalue weighted by atomic mass is 35.5. The average Bonchev–Trinajstić information content (AvgIpc) is 2.38. The Kier molecular flexibility index (Phi) is 8.11. The molecule has 0 aliphatic heterocycles. The maximum atomic E-state index is 6.16. The molecule has 0 radical (unpaired) electrons. The van der Waals surface area contributed by atoms with Crippen molar-refractivity contribution >= 4 is 11.6 Å². The number of hydrogen-bond donors (Lipinski definition) is 1. The Morgan fingerprint density at radius 3 is 2.11 bits per heavy atom. The quantitative estimate of drug-likeness (QED) is 0.589. The van der Waals surface area contributed by atoms with Crippen molar-refractivity contribution < 1.29 is 0 Å². The fraction of sp³-hybridized carbons (Fsp3) is 0.625. The lowest BCUT2D eigenvalue weighted by Crippen LogP contribution is -2.09. The third-order valence-electron chi connectivity index (χ3n) is 3.42. The average molecular weight is 268 g/mol. The van der Waals surface area contributed by atoms with Crippen molar-refractivity contribution in [3.8, 4) is 0 Å². The summed E-state index contributed by atoms with van der Waals surface area (Å²) in [4.78, 5) is 0. The Hall–Kier alpha value is -0.530. The summed E-state index contributed by atoms with van der Waals surface area (Å²) in [6, 6.07) is 8.07. The van der Waals surface area contributed by atoms with Gasteiger partial charge in [0.05, 0.1) is 0 Å². The van der Waals surface area contributed by atoms with Gasteiger partial charge in [-0.1, -0.05) is 75.6 Å². The van der Waals surface area contributed by atoms with Crippen molar-refractivity contribution in [2.75, 3.05) is 0 Å². The molecule has 0 aromatic heterocycles. The molecule has 2 heteroatoms. The molecule has 1 rings (SSSR count). The molecule has 1 aromatic rings. The maximum Gasteiger partial charge on any atom is 0.0406 e. The lowest BCUT2D eigenvalue weighted by molar-refractivity contribution is 0.541. The summed E-state index contributed by atoms with van der Waals surface area (Å²) in [6.07, 6.45) is 10.4. The first-order valence-electron chi connectivity index (χ1n) is 7.25. The van der Waals surface area contributed by atoms with Crippen molar-refractivity contribution in [1.29, 1.82) is 0 Å². The predicted molar refractivity (Wildman–Crippen MR) is 81.0 cm³/mol. The normalized spacial score (nSPS) is 12.6. The van der Waals surface area contributed by atoms with Gasteiger partial charge in [-0.15, -0.1) is 0 Å². The third-order valence-corrected chi connectivity index (χ3v) is 3.67. The first kappa shape index (κ1) is 15.5. The largest absolute Gasteiger partial charge is 0.324 e. The van der Waals surface area contributed by atoms with Gasteiger partial charge in [0, 0.05) is 11.1 Å². The summed E-state index contributed by atoms with van der Waals surface area (Å²) in [7, 11) is 0. The molecule has 0 aliphatic rings. The van der Waals surface area contributed by atoms with E-state index in [1.54, 1.807) is 0 Å². The first-order chi connectivity index (χ1) is 8.74. The van der Waals surface area contributed by atoms with Crippen LogP contribution < -0.4 is 5.73 Å². The van der Waals surface area contributed by atoms with Crippen molar-refractivity contribution in [2.45, 2.75) is 64.3 Å². The van der Waals surface area contributed by atoms with Gasteiger partial charge in [-0.05, 0) is 24.1 Å². The molecule has 1 atom stereocenters. The summed E-state index contributed by atoms with van der Waals surface area (Å²) >= 11 is 5.86. The monoisotopic (exact) mass is 267 g/mol. The molecule has 18 heavy (non-hydrogen) atoms. The zero-order valence-electron chi connectivity index (χ0n) is 11.5. The number of hydrogen-bond acceptors (Lipinski definition) is 1. The van der Waals surface area contributed by atoms with E-state index < -0.39 is 0 Å². The van der Waals surface area contributed by atoms with Crippen LogP contribution >= 0.6 is 11.6 Å². The minimum atomic E-state index is 0.165. The van der Waals surface area contributed by atoms with Crippen LogP contribution in [0.4, 0.5) is 0 Å². The van der Waals surface area contributed by atoms with Gasteiger partial charge in [0.1, 0.15) is 0 Å². The fourth-order valence-electron chi connectivity index (χ4n) is 2.20. The van der Waals surface area contributed by atoms with Crippen LogP contribution in [-0.2, 0) is 0 Å². The molecule has 2 N–H and O–H groups in total. The van der Waals surface area contributed by atoms with E-state index in [2.05, 4.69) is 6.92 Å². The molecule has 0 heterocycles. The molecule has 102 valence electrons. The van der Waals surface area contributed by atoms with Gasteiger partial charge < -0.3 is 5.73 Å². The number of benzene rings is 1.